The maximum Gasteiger partial charge on any atom is 0.317 e. The van der Waals surface area contributed by atoms with Crippen LogP contribution in [0.5, 0.6) is 0 Å². The van der Waals surface area contributed by atoms with Gasteiger partial charge in [0, 0.05) is 25.8 Å². The standard InChI is InChI=1S/C16H21N3O2/c1-2-8-19-13-17-9-15(19)11-18(12-16(20)21)10-14-6-4-3-5-7-14/h3-7,9,13H,2,8,10-12H2,1H3,(H,20,21). The van der Waals surface area contributed by atoms with Gasteiger partial charge in [-0.1, -0.05) is 37.3 Å². The van der Waals surface area contributed by atoms with Crippen molar-refractivity contribution in [1.29, 1.82) is 0 Å². The fraction of sp³-hybridized carbons (Fsp3) is 0.375. The van der Waals surface area contributed by atoms with Gasteiger partial charge in [0.2, 0.25) is 0 Å². The number of benzene rings is 1. The second kappa shape index (κ2) is 7.59. The summed E-state index contributed by atoms with van der Waals surface area (Å²) in [6.45, 7) is 4.24. The van der Waals surface area contributed by atoms with Crippen LogP contribution >= 0.6 is 0 Å². The molecule has 0 amide bonds. The summed E-state index contributed by atoms with van der Waals surface area (Å²) < 4.78 is 2.08. The number of carboxylic acid groups (broad SMARTS) is 1. The maximum absolute atomic E-state index is 11.1. The average Bonchev–Trinajstić information content (AvgIpc) is 2.87. The molecule has 0 unspecified atom stereocenters. The third kappa shape index (κ3) is 4.72. The summed E-state index contributed by atoms with van der Waals surface area (Å²) in [4.78, 5) is 17.2. The van der Waals surface area contributed by atoms with Crippen molar-refractivity contribution in [1.82, 2.24) is 14.5 Å². The molecule has 0 atom stereocenters. The molecule has 1 N–H and O–H groups in total. The van der Waals surface area contributed by atoms with Crippen LogP contribution in [0.4, 0.5) is 0 Å². The van der Waals surface area contributed by atoms with Crippen molar-refractivity contribution in [3.05, 3.63) is 54.1 Å². The lowest BCUT2D eigenvalue weighted by Gasteiger charge is -2.21. The number of hydrogen-bond acceptors (Lipinski definition) is 3. The van der Waals surface area contributed by atoms with Crippen LogP contribution in [0.3, 0.4) is 0 Å². The van der Waals surface area contributed by atoms with Gasteiger partial charge in [-0.2, -0.15) is 0 Å². The van der Waals surface area contributed by atoms with Crippen LogP contribution in [-0.4, -0.2) is 32.1 Å². The predicted octanol–water partition coefficient (Wildman–Crippen LogP) is 2.38. The van der Waals surface area contributed by atoms with Gasteiger partial charge in [0.05, 0.1) is 18.6 Å². The summed E-state index contributed by atoms with van der Waals surface area (Å²) in [5.41, 5.74) is 2.16. The summed E-state index contributed by atoms with van der Waals surface area (Å²) in [7, 11) is 0. The molecule has 0 spiro atoms. The van der Waals surface area contributed by atoms with Crippen LogP contribution in [0.25, 0.3) is 0 Å². The Hall–Kier alpha value is -2.14. The van der Waals surface area contributed by atoms with Gasteiger partial charge in [0.25, 0.3) is 0 Å². The van der Waals surface area contributed by atoms with Crippen LogP contribution in [0.2, 0.25) is 0 Å². The second-order valence-corrected chi connectivity index (χ2v) is 5.10. The first-order chi connectivity index (χ1) is 10.2. The molecule has 5 heteroatoms. The number of rotatable bonds is 8. The molecule has 0 saturated carbocycles. The Morgan fingerprint density at radius 2 is 2.05 bits per heavy atom. The highest BCUT2D eigenvalue weighted by atomic mass is 16.4. The summed E-state index contributed by atoms with van der Waals surface area (Å²) in [6, 6.07) is 9.92. The quantitative estimate of drug-likeness (QED) is 0.810. The highest BCUT2D eigenvalue weighted by molar-refractivity contribution is 5.69. The molecular weight excluding hydrogens is 266 g/mol. The van der Waals surface area contributed by atoms with E-state index < -0.39 is 5.97 Å². The minimum Gasteiger partial charge on any atom is -0.480 e. The molecule has 0 fully saturated rings. The van der Waals surface area contributed by atoms with E-state index in [2.05, 4.69) is 16.5 Å². The summed E-state index contributed by atoms with van der Waals surface area (Å²) in [5, 5.41) is 9.10. The van der Waals surface area contributed by atoms with Crippen molar-refractivity contribution in [2.24, 2.45) is 0 Å². The Balaban J connectivity index is 2.08. The SMILES string of the molecule is CCCn1cncc1CN(CC(=O)O)Cc1ccccc1. The summed E-state index contributed by atoms with van der Waals surface area (Å²) >= 11 is 0. The van der Waals surface area contributed by atoms with E-state index in [1.807, 2.05) is 41.4 Å². The van der Waals surface area contributed by atoms with Crippen LogP contribution in [-0.2, 0) is 24.4 Å². The van der Waals surface area contributed by atoms with Crippen LogP contribution in [0.1, 0.15) is 24.6 Å². The molecule has 112 valence electrons. The zero-order valence-corrected chi connectivity index (χ0v) is 12.3. The van der Waals surface area contributed by atoms with Crippen LogP contribution in [0, 0.1) is 0 Å². The van der Waals surface area contributed by atoms with E-state index in [-0.39, 0.29) is 6.54 Å². The van der Waals surface area contributed by atoms with Gasteiger partial charge in [-0.3, -0.25) is 9.69 Å². The van der Waals surface area contributed by atoms with E-state index in [4.69, 9.17) is 5.11 Å². The molecule has 0 aliphatic rings. The molecule has 2 rings (SSSR count). The number of nitrogens with zero attached hydrogens (tertiary/aromatic N) is 3. The van der Waals surface area contributed by atoms with E-state index >= 15 is 0 Å². The Labute approximate surface area is 124 Å². The molecular formula is C16H21N3O2. The van der Waals surface area contributed by atoms with Gasteiger partial charge >= 0.3 is 5.97 Å². The van der Waals surface area contributed by atoms with Gasteiger partial charge in [-0.25, -0.2) is 4.98 Å². The van der Waals surface area contributed by atoms with Crippen molar-refractivity contribution >= 4 is 5.97 Å². The number of aliphatic carboxylic acids is 1. The summed E-state index contributed by atoms with van der Waals surface area (Å²) in [5.74, 6) is -0.813. The average molecular weight is 287 g/mol. The van der Waals surface area contributed by atoms with Crippen LogP contribution in [0.15, 0.2) is 42.9 Å². The smallest absolute Gasteiger partial charge is 0.317 e. The first-order valence-corrected chi connectivity index (χ1v) is 7.16. The number of carbonyl (C=O) groups is 1. The number of carboxylic acids is 1. The lowest BCUT2D eigenvalue weighted by atomic mass is 10.2. The third-order valence-electron chi connectivity index (χ3n) is 3.26. The number of hydrogen-bond donors (Lipinski definition) is 1. The van der Waals surface area contributed by atoms with E-state index in [0.717, 1.165) is 24.2 Å². The van der Waals surface area contributed by atoms with Crippen molar-refractivity contribution < 1.29 is 9.90 Å². The monoisotopic (exact) mass is 287 g/mol. The molecule has 1 heterocycles. The highest BCUT2D eigenvalue weighted by Gasteiger charge is 2.13. The molecule has 1 aromatic carbocycles. The van der Waals surface area contributed by atoms with E-state index in [1.54, 1.807) is 6.33 Å². The van der Waals surface area contributed by atoms with Gasteiger partial charge in [0.1, 0.15) is 0 Å². The van der Waals surface area contributed by atoms with Gasteiger partial charge in [0.15, 0.2) is 0 Å². The Kier molecular flexibility index (Phi) is 5.51. The summed E-state index contributed by atoms with van der Waals surface area (Å²) in [6.07, 6.45) is 4.65. The number of imidazole rings is 1. The largest absolute Gasteiger partial charge is 0.480 e. The van der Waals surface area contributed by atoms with Crippen molar-refractivity contribution in [3.63, 3.8) is 0 Å². The van der Waals surface area contributed by atoms with Crippen LogP contribution < -0.4 is 0 Å². The minimum atomic E-state index is -0.813. The van der Waals surface area contributed by atoms with Gasteiger partial charge < -0.3 is 9.67 Å². The van der Waals surface area contributed by atoms with Crippen molar-refractivity contribution in [2.45, 2.75) is 33.0 Å². The van der Waals surface area contributed by atoms with E-state index in [9.17, 15) is 4.79 Å². The molecule has 5 nitrogen and oxygen atoms in total. The molecule has 0 saturated heterocycles. The van der Waals surface area contributed by atoms with Crippen molar-refractivity contribution in [3.8, 4) is 0 Å². The Morgan fingerprint density at radius 3 is 2.71 bits per heavy atom. The fourth-order valence-electron chi connectivity index (χ4n) is 2.35. The molecule has 0 bridgehead atoms. The number of aromatic nitrogens is 2. The van der Waals surface area contributed by atoms with Gasteiger partial charge in [-0.15, -0.1) is 0 Å². The lowest BCUT2D eigenvalue weighted by molar-refractivity contribution is -0.138. The Morgan fingerprint density at radius 1 is 1.29 bits per heavy atom. The topological polar surface area (TPSA) is 58.4 Å². The van der Waals surface area contributed by atoms with Gasteiger partial charge in [-0.05, 0) is 12.0 Å². The second-order valence-electron chi connectivity index (χ2n) is 5.10. The first kappa shape index (κ1) is 15.3. The zero-order valence-electron chi connectivity index (χ0n) is 12.3. The molecule has 0 aliphatic heterocycles. The normalized spacial score (nSPS) is 11.0. The molecule has 0 aliphatic carbocycles. The number of aryl methyl sites for hydroxylation is 1. The zero-order chi connectivity index (χ0) is 15.1. The molecule has 0 radical (unpaired) electrons. The van der Waals surface area contributed by atoms with E-state index in [0.29, 0.717) is 13.1 Å². The Bertz CT molecular complexity index is 566. The predicted molar refractivity (Wildman–Crippen MR) is 80.7 cm³/mol. The molecule has 2 aromatic rings. The molecule has 21 heavy (non-hydrogen) atoms. The minimum absolute atomic E-state index is 0.0200. The van der Waals surface area contributed by atoms with Crippen molar-refractivity contribution in [2.75, 3.05) is 6.54 Å². The third-order valence-corrected chi connectivity index (χ3v) is 3.26. The lowest BCUT2D eigenvalue weighted by Crippen LogP contribution is -2.29. The van der Waals surface area contributed by atoms with E-state index in [1.165, 1.54) is 0 Å². The maximum atomic E-state index is 11.1. The molecule has 1 aromatic heterocycles. The first-order valence-electron chi connectivity index (χ1n) is 7.16. The highest BCUT2D eigenvalue weighted by Crippen LogP contribution is 2.10. The fourth-order valence-corrected chi connectivity index (χ4v) is 2.35.